The van der Waals surface area contributed by atoms with Crippen molar-refractivity contribution in [2.24, 2.45) is 11.3 Å². The number of nitrogens with zero attached hydrogens (tertiary/aromatic N) is 1. The van der Waals surface area contributed by atoms with Gasteiger partial charge in [0.2, 0.25) is 5.91 Å². The molecule has 0 fully saturated rings. The van der Waals surface area contributed by atoms with Gasteiger partial charge in [-0.05, 0) is 11.3 Å². The first-order chi connectivity index (χ1) is 7.68. The van der Waals surface area contributed by atoms with Crippen LogP contribution in [0.2, 0.25) is 0 Å². The standard InChI is InChI=1S/C12H23F2NO2/c1-9(12(2,3)4)7-11(17)15(5-6-16)8-10(13)14/h9-10,16H,5-8H2,1-4H3. The summed E-state index contributed by atoms with van der Waals surface area (Å²) in [5.41, 5.74) is -0.0363. The number of alkyl halides is 2. The minimum absolute atomic E-state index is 0.0277. The highest BCUT2D eigenvalue weighted by Crippen LogP contribution is 2.28. The van der Waals surface area contributed by atoms with E-state index in [0.717, 1.165) is 4.90 Å². The van der Waals surface area contributed by atoms with E-state index in [1.807, 2.05) is 27.7 Å². The SMILES string of the molecule is CC(CC(=O)N(CCO)CC(F)F)C(C)(C)C. The molecule has 1 unspecified atom stereocenters. The molecule has 0 saturated heterocycles. The van der Waals surface area contributed by atoms with E-state index in [-0.39, 0.29) is 36.8 Å². The minimum Gasteiger partial charge on any atom is -0.395 e. The number of hydrogen-bond donors (Lipinski definition) is 1. The zero-order valence-corrected chi connectivity index (χ0v) is 11.0. The lowest BCUT2D eigenvalue weighted by atomic mass is 9.80. The Bertz CT molecular complexity index is 239. The second-order valence-corrected chi connectivity index (χ2v) is 5.43. The van der Waals surface area contributed by atoms with Crippen LogP contribution in [0.25, 0.3) is 0 Å². The van der Waals surface area contributed by atoms with Crippen LogP contribution in [0.4, 0.5) is 8.78 Å². The van der Waals surface area contributed by atoms with Crippen molar-refractivity contribution in [2.45, 2.75) is 40.5 Å². The van der Waals surface area contributed by atoms with Crippen LogP contribution in [0.15, 0.2) is 0 Å². The van der Waals surface area contributed by atoms with Crippen molar-refractivity contribution in [3.8, 4) is 0 Å². The van der Waals surface area contributed by atoms with E-state index in [1.165, 1.54) is 0 Å². The van der Waals surface area contributed by atoms with Crippen molar-refractivity contribution in [3.05, 3.63) is 0 Å². The van der Waals surface area contributed by atoms with Crippen molar-refractivity contribution in [1.29, 1.82) is 0 Å². The summed E-state index contributed by atoms with van der Waals surface area (Å²) in [6.07, 6.45) is -2.33. The van der Waals surface area contributed by atoms with Crippen LogP contribution in [-0.2, 0) is 4.79 Å². The fourth-order valence-corrected chi connectivity index (χ4v) is 1.30. The van der Waals surface area contributed by atoms with Crippen molar-refractivity contribution < 1.29 is 18.7 Å². The summed E-state index contributed by atoms with van der Waals surface area (Å²) < 4.78 is 24.5. The lowest BCUT2D eigenvalue weighted by Gasteiger charge is -2.29. The molecule has 0 radical (unpaired) electrons. The van der Waals surface area contributed by atoms with E-state index in [2.05, 4.69) is 0 Å². The average Bonchev–Trinajstić information content (AvgIpc) is 2.14. The van der Waals surface area contributed by atoms with Gasteiger partial charge in [-0.3, -0.25) is 4.79 Å². The molecule has 17 heavy (non-hydrogen) atoms. The molecule has 1 amide bonds. The molecule has 102 valence electrons. The molecule has 0 aromatic rings. The van der Waals surface area contributed by atoms with Crippen LogP contribution in [-0.4, -0.2) is 42.0 Å². The number of carbonyl (C=O) groups excluding carboxylic acids is 1. The van der Waals surface area contributed by atoms with Crippen LogP contribution in [0.5, 0.6) is 0 Å². The maximum absolute atomic E-state index is 12.3. The van der Waals surface area contributed by atoms with Gasteiger partial charge in [-0.15, -0.1) is 0 Å². The van der Waals surface area contributed by atoms with Gasteiger partial charge in [-0.1, -0.05) is 27.7 Å². The summed E-state index contributed by atoms with van der Waals surface area (Å²) in [5.74, 6) is -0.212. The Hall–Kier alpha value is -0.710. The van der Waals surface area contributed by atoms with Gasteiger partial charge < -0.3 is 10.0 Å². The first-order valence-corrected chi connectivity index (χ1v) is 5.85. The van der Waals surface area contributed by atoms with Gasteiger partial charge in [0.1, 0.15) is 0 Å². The molecule has 0 aliphatic carbocycles. The quantitative estimate of drug-likeness (QED) is 0.785. The molecule has 0 rings (SSSR count). The van der Waals surface area contributed by atoms with E-state index < -0.39 is 13.0 Å². The Kier molecular flexibility index (Phi) is 6.60. The van der Waals surface area contributed by atoms with Gasteiger partial charge in [-0.25, -0.2) is 8.78 Å². The molecule has 1 N–H and O–H groups in total. The number of aliphatic hydroxyl groups is 1. The summed E-state index contributed by atoms with van der Waals surface area (Å²) in [4.78, 5) is 12.8. The summed E-state index contributed by atoms with van der Waals surface area (Å²) in [7, 11) is 0. The molecule has 0 aliphatic rings. The predicted octanol–water partition coefficient (Wildman–Crippen LogP) is 2.14. The molecule has 1 atom stereocenters. The third-order valence-electron chi connectivity index (χ3n) is 3.04. The normalized spacial score (nSPS) is 13.9. The van der Waals surface area contributed by atoms with Crippen LogP contribution in [0.1, 0.15) is 34.1 Å². The first kappa shape index (κ1) is 16.3. The van der Waals surface area contributed by atoms with E-state index in [1.54, 1.807) is 0 Å². The maximum Gasteiger partial charge on any atom is 0.255 e. The molecule has 0 bridgehead atoms. The monoisotopic (exact) mass is 251 g/mol. The van der Waals surface area contributed by atoms with Crippen molar-refractivity contribution in [2.75, 3.05) is 19.7 Å². The second-order valence-electron chi connectivity index (χ2n) is 5.43. The van der Waals surface area contributed by atoms with E-state index >= 15 is 0 Å². The summed E-state index contributed by atoms with van der Waals surface area (Å²) in [5, 5.41) is 8.75. The molecule has 5 heteroatoms. The zero-order valence-electron chi connectivity index (χ0n) is 11.0. The number of halogens is 2. The molecule has 0 aromatic heterocycles. The molecular formula is C12H23F2NO2. The largest absolute Gasteiger partial charge is 0.395 e. The molecule has 3 nitrogen and oxygen atoms in total. The van der Waals surface area contributed by atoms with Gasteiger partial charge in [0, 0.05) is 13.0 Å². The number of hydrogen-bond acceptors (Lipinski definition) is 2. The molecular weight excluding hydrogens is 228 g/mol. The number of carbonyl (C=O) groups is 1. The number of rotatable bonds is 6. The van der Waals surface area contributed by atoms with Crippen LogP contribution in [0.3, 0.4) is 0 Å². The molecule has 0 aliphatic heterocycles. The van der Waals surface area contributed by atoms with Crippen molar-refractivity contribution in [1.82, 2.24) is 4.90 Å². The Balaban J connectivity index is 4.42. The summed E-state index contributed by atoms with van der Waals surface area (Å²) in [6, 6.07) is 0. The van der Waals surface area contributed by atoms with Crippen molar-refractivity contribution >= 4 is 5.91 Å². The van der Waals surface area contributed by atoms with Gasteiger partial charge in [0.15, 0.2) is 0 Å². The lowest BCUT2D eigenvalue weighted by molar-refractivity contribution is -0.135. The zero-order chi connectivity index (χ0) is 13.6. The molecule has 0 aromatic carbocycles. The molecule has 0 spiro atoms. The Morgan fingerprint density at radius 3 is 2.24 bits per heavy atom. The maximum atomic E-state index is 12.3. The third kappa shape index (κ3) is 6.56. The van der Waals surface area contributed by atoms with Crippen LogP contribution < -0.4 is 0 Å². The first-order valence-electron chi connectivity index (χ1n) is 5.85. The summed E-state index contributed by atoms with van der Waals surface area (Å²) >= 11 is 0. The van der Waals surface area contributed by atoms with Gasteiger partial charge in [0.05, 0.1) is 13.2 Å². The fraction of sp³-hybridized carbons (Fsp3) is 0.917. The van der Waals surface area contributed by atoms with Crippen LogP contribution in [0, 0.1) is 11.3 Å². The van der Waals surface area contributed by atoms with Gasteiger partial charge in [0.25, 0.3) is 6.43 Å². The highest BCUT2D eigenvalue weighted by molar-refractivity contribution is 5.76. The van der Waals surface area contributed by atoms with Gasteiger partial charge >= 0.3 is 0 Å². The highest BCUT2D eigenvalue weighted by Gasteiger charge is 2.26. The van der Waals surface area contributed by atoms with Gasteiger partial charge in [-0.2, -0.15) is 0 Å². The lowest BCUT2D eigenvalue weighted by Crippen LogP contribution is -2.39. The summed E-state index contributed by atoms with van der Waals surface area (Å²) in [6.45, 7) is 7.04. The molecule has 0 saturated carbocycles. The average molecular weight is 251 g/mol. The minimum atomic E-state index is -2.56. The third-order valence-corrected chi connectivity index (χ3v) is 3.04. The van der Waals surface area contributed by atoms with E-state index in [0.29, 0.717) is 0 Å². The second kappa shape index (κ2) is 6.89. The smallest absolute Gasteiger partial charge is 0.255 e. The Morgan fingerprint density at radius 2 is 1.88 bits per heavy atom. The van der Waals surface area contributed by atoms with Crippen molar-refractivity contribution in [3.63, 3.8) is 0 Å². The van der Waals surface area contributed by atoms with E-state index in [9.17, 15) is 13.6 Å². The highest BCUT2D eigenvalue weighted by atomic mass is 19.3. The number of aliphatic hydroxyl groups excluding tert-OH is 1. The number of amides is 1. The van der Waals surface area contributed by atoms with Crippen LogP contribution >= 0.6 is 0 Å². The topological polar surface area (TPSA) is 40.5 Å². The van der Waals surface area contributed by atoms with E-state index in [4.69, 9.17) is 5.11 Å². The molecule has 0 heterocycles. The Morgan fingerprint density at radius 1 is 1.35 bits per heavy atom. The Labute approximate surface area is 102 Å². The fourth-order valence-electron chi connectivity index (χ4n) is 1.30. The predicted molar refractivity (Wildman–Crippen MR) is 62.9 cm³/mol.